The summed E-state index contributed by atoms with van der Waals surface area (Å²) in [4.78, 5) is 15.3. The van der Waals surface area contributed by atoms with Gasteiger partial charge < -0.3 is 0 Å². The number of aryl methyl sites for hydroxylation is 1. The third-order valence-corrected chi connectivity index (χ3v) is 3.84. The lowest BCUT2D eigenvalue weighted by Crippen LogP contribution is -2.08. The van der Waals surface area contributed by atoms with Gasteiger partial charge in [-0.05, 0) is 35.7 Å². The summed E-state index contributed by atoms with van der Waals surface area (Å²) in [7, 11) is 0. The van der Waals surface area contributed by atoms with Crippen LogP contribution in [0.15, 0.2) is 42.6 Å². The second kappa shape index (κ2) is 6.06. The number of carbonyl (C=O) groups excluding carboxylic acids is 1. The monoisotopic (exact) mass is 321 g/mol. The Morgan fingerprint density at radius 3 is 2.84 bits per heavy atom. The fourth-order valence-corrected chi connectivity index (χ4v) is 2.37. The van der Waals surface area contributed by atoms with Crippen LogP contribution in [0.2, 0.25) is 0 Å². The van der Waals surface area contributed by atoms with Crippen LogP contribution in [-0.2, 0) is 6.42 Å². The normalized spacial score (nSPS) is 12.2. The van der Waals surface area contributed by atoms with E-state index < -0.39 is 10.8 Å². The molecule has 19 heavy (non-hydrogen) atoms. The van der Waals surface area contributed by atoms with Crippen molar-refractivity contribution >= 4 is 21.7 Å². The molecule has 2 nitrogen and oxygen atoms in total. The summed E-state index contributed by atoms with van der Waals surface area (Å²) in [5.74, 6) is -0.669. The number of benzene rings is 1. The van der Waals surface area contributed by atoms with Gasteiger partial charge in [-0.15, -0.1) is 0 Å². The number of halogens is 2. The topological polar surface area (TPSA) is 30.0 Å². The lowest BCUT2D eigenvalue weighted by Gasteiger charge is -2.10. The van der Waals surface area contributed by atoms with E-state index in [1.807, 2.05) is 25.1 Å². The van der Waals surface area contributed by atoms with Gasteiger partial charge in [0.1, 0.15) is 4.83 Å². The molecule has 1 aromatic carbocycles. The third-order valence-electron chi connectivity index (χ3n) is 2.89. The molecule has 0 aliphatic carbocycles. The van der Waals surface area contributed by atoms with Crippen molar-refractivity contribution in [3.8, 4) is 0 Å². The van der Waals surface area contributed by atoms with E-state index >= 15 is 0 Å². The number of carbonyl (C=O) groups is 1. The van der Waals surface area contributed by atoms with E-state index in [2.05, 4.69) is 20.9 Å². The van der Waals surface area contributed by atoms with Crippen LogP contribution in [0.4, 0.5) is 4.39 Å². The van der Waals surface area contributed by atoms with Crippen LogP contribution in [0.1, 0.15) is 33.2 Å². The molecule has 1 heterocycles. The molecule has 0 saturated carbocycles. The molecule has 1 aromatic heterocycles. The van der Waals surface area contributed by atoms with Crippen molar-refractivity contribution in [3.05, 3.63) is 65.2 Å². The molecule has 2 aromatic rings. The summed E-state index contributed by atoms with van der Waals surface area (Å²) >= 11 is 3.32. The minimum absolute atomic E-state index is 0.0825. The highest BCUT2D eigenvalue weighted by Crippen LogP contribution is 2.27. The van der Waals surface area contributed by atoms with Gasteiger partial charge in [-0.25, -0.2) is 4.98 Å². The van der Waals surface area contributed by atoms with Gasteiger partial charge >= 0.3 is 0 Å². The average molecular weight is 322 g/mol. The van der Waals surface area contributed by atoms with E-state index in [9.17, 15) is 9.18 Å². The van der Waals surface area contributed by atoms with E-state index in [0.29, 0.717) is 11.1 Å². The first-order valence-electron chi connectivity index (χ1n) is 6.00. The second-order valence-corrected chi connectivity index (χ2v) is 5.11. The van der Waals surface area contributed by atoms with Crippen LogP contribution >= 0.6 is 15.9 Å². The fourth-order valence-electron chi connectivity index (χ4n) is 1.82. The molecule has 2 rings (SSSR count). The zero-order valence-corrected chi connectivity index (χ0v) is 12.0. The Kier molecular flexibility index (Phi) is 4.43. The standard InChI is InChI=1S/C15H13BrFNO/c1-2-10-4-3-5-12(8-10)15(19)14(16)11-6-7-18-13(17)9-11/h3-9,14H,2H2,1H3/t14-/m1/s1. The number of pyridine rings is 1. The zero-order chi connectivity index (χ0) is 13.8. The number of hydrogen-bond acceptors (Lipinski definition) is 2. The first-order chi connectivity index (χ1) is 9.11. The Labute approximate surface area is 119 Å². The predicted octanol–water partition coefficient (Wildman–Crippen LogP) is 4.10. The first kappa shape index (κ1) is 13.9. The van der Waals surface area contributed by atoms with Gasteiger partial charge in [0.15, 0.2) is 5.78 Å². The lowest BCUT2D eigenvalue weighted by molar-refractivity contribution is 0.0991. The maximum Gasteiger partial charge on any atom is 0.213 e. The summed E-state index contributed by atoms with van der Waals surface area (Å²) in [6.07, 6.45) is 2.23. The van der Waals surface area contributed by atoms with Crippen LogP contribution in [0, 0.1) is 5.95 Å². The molecule has 1 atom stereocenters. The highest BCUT2D eigenvalue weighted by molar-refractivity contribution is 9.09. The molecule has 0 bridgehead atoms. The smallest absolute Gasteiger partial charge is 0.213 e. The van der Waals surface area contributed by atoms with Crippen molar-refractivity contribution < 1.29 is 9.18 Å². The molecule has 0 saturated heterocycles. The maximum absolute atomic E-state index is 13.1. The van der Waals surface area contributed by atoms with E-state index in [-0.39, 0.29) is 5.78 Å². The maximum atomic E-state index is 13.1. The van der Waals surface area contributed by atoms with Gasteiger partial charge in [-0.1, -0.05) is 41.1 Å². The molecule has 0 unspecified atom stereocenters. The van der Waals surface area contributed by atoms with Gasteiger partial charge in [0.05, 0.1) is 0 Å². The highest BCUT2D eigenvalue weighted by atomic mass is 79.9. The minimum atomic E-state index is -0.586. The predicted molar refractivity (Wildman–Crippen MR) is 76.0 cm³/mol. The van der Waals surface area contributed by atoms with E-state index in [4.69, 9.17) is 0 Å². The lowest BCUT2D eigenvalue weighted by atomic mass is 10.0. The van der Waals surface area contributed by atoms with Crippen LogP contribution < -0.4 is 0 Å². The highest BCUT2D eigenvalue weighted by Gasteiger charge is 2.19. The summed E-state index contributed by atoms with van der Waals surface area (Å²) in [6, 6.07) is 10.4. The van der Waals surface area contributed by atoms with E-state index in [1.54, 1.807) is 12.1 Å². The van der Waals surface area contributed by atoms with Crippen molar-refractivity contribution in [3.63, 3.8) is 0 Å². The van der Waals surface area contributed by atoms with Gasteiger partial charge in [0.2, 0.25) is 5.95 Å². The van der Waals surface area contributed by atoms with Crippen molar-refractivity contribution in [2.45, 2.75) is 18.2 Å². The van der Waals surface area contributed by atoms with Gasteiger partial charge in [-0.3, -0.25) is 4.79 Å². The van der Waals surface area contributed by atoms with Crippen LogP contribution in [0.25, 0.3) is 0 Å². The fraction of sp³-hybridized carbons (Fsp3) is 0.200. The minimum Gasteiger partial charge on any atom is -0.293 e. The van der Waals surface area contributed by atoms with Crippen molar-refractivity contribution in [2.75, 3.05) is 0 Å². The molecule has 0 spiro atoms. The molecule has 98 valence electrons. The number of nitrogens with zero attached hydrogens (tertiary/aromatic N) is 1. The number of ketones is 1. The Morgan fingerprint density at radius 1 is 1.37 bits per heavy atom. The van der Waals surface area contributed by atoms with Crippen LogP contribution in [0.5, 0.6) is 0 Å². The largest absolute Gasteiger partial charge is 0.293 e. The van der Waals surface area contributed by atoms with Gasteiger partial charge in [-0.2, -0.15) is 4.39 Å². The molecule has 0 amide bonds. The quantitative estimate of drug-likeness (QED) is 0.482. The Morgan fingerprint density at radius 2 is 2.16 bits per heavy atom. The summed E-state index contributed by atoms with van der Waals surface area (Å²) < 4.78 is 13.1. The van der Waals surface area contributed by atoms with Gasteiger partial charge in [0.25, 0.3) is 0 Å². The molecule has 0 aliphatic rings. The third kappa shape index (κ3) is 3.26. The number of alkyl halides is 1. The molecule has 0 radical (unpaired) electrons. The van der Waals surface area contributed by atoms with Crippen LogP contribution in [-0.4, -0.2) is 10.8 Å². The van der Waals surface area contributed by atoms with Crippen molar-refractivity contribution in [1.29, 1.82) is 0 Å². The number of Topliss-reactive ketones (excluding diaryl/α,β-unsaturated/α-hetero) is 1. The Bertz CT molecular complexity index is 600. The van der Waals surface area contributed by atoms with E-state index in [0.717, 1.165) is 12.0 Å². The first-order valence-corrected chi connectivity index (χ1v) is 6.92. The Hall–Kier alpha value is -1.55. The van der Waals surface area contributed by atoms with Crippen molar-refractivity contribution in [1.82, 2.24) is 4.98 Å². The number of rotatable bonds is 4. The molecule has 0 N–H and O–H groups in total. The molecule has 0 aliphatic heterocycles. The second-order valence-electron chi connectivity index (χ2n) is 4.19. The Balaban J connectivity index is 2.28. The number of hydrogen-bond donors (Lipinski definition) is 0. The van der Waals surface area contributed by atoms with Crippen LogP contribution in [0.3, 0.4) is 0 Å². The molecular weight excluding hydrogens is 309 g/mol. The molecule has 4 heteroatoms. The summed E-state index contributed by atoms with van der Waals surface area (Å²) in [5.41, 5.74) is 2.30. The molecule has 0 fully saturated rings. The summed E-state index contributed by atoms with van der Waals surface area (Å²) in [6.45, 7) is 2.04. The van der Waals surface area contributed by atoms with Crippen molar-refractivity contribution in [2.24, 2.45) is 0 Å². The van der Waals surface area contributed by atoms with Gasteiger partial charge in [0, 0.05) is 11.8 Å². The summed E-state index contributed by atoms with van der Waals surface area (Å²) in [5, 5.41) is 0. The zero-order valence-electron chi connectivity index (χ0n) is 10.4. The molecular formula is C15H13BrFNO. The number of aromatic nitrogens is 1. The SMILES string of the molecule is CCc1cccc(C(=O)[C@H](Br)c2ccnc(F)c2)c1. The average Bonchev–Trinajstić information content (AvgIpc) is 2.45. The van der Waals surface area contributed by atoms with E-state index in [1.165, 1.54) is 12.3 Å².